The molecule has 0 amide bonds. The van der Waals surface area contributed by atoms with Gasteiger partial charge in [-0.3, -0.25) is 0 Å². The van der Waals surface area contributed by atoms with Crippen molar-refractivity contribution in [3.63, 3.8) is 0 Å². The minimum absolute atomic E-state index is 0.0238. The predicted molar refractivity (Wildman–Crippen MR) is 38.8 cm³/mol. The van der Waals surface area contributed by atoms with Crippen molar-refractivity contribution in [3.05, 3.63) is 0 Å². The van der Waals surface area contributed by atoms with Gasteiger partial charge in [0.15, 0.2) is 0 Å². The molecule has 0 radical (unpaired) electrons. The highest BCUT2D eigenvalue weighted by molar-refractivity contribution is 6.18. The van der Waals surface area contributed by atoms with Crippen LogP contribution in [0.4, 0.5) is 8.78 Å². The van der Waals surface area contributed by atoms with Gasteiger partial charge < -0.3 is 5.32 Å². The van der Waals surface area contributed by atoms with Gasteiger partial charge in [-0.1, -0.05) is 6.92 Å². The quantitative estimate of drug-likeness (QED) is 0.623. The van der Waals surface area contributed by atoms with E-state index < -0.39 is 6.43 Å². The molecule has 0 aromatic carbocycles. The van der Waals surface area contributed by atoms with Gasteiger partial charge in [-0.25, -0.2) is 8.78 Å². The Bertz CT molecular complexity index is 76.1. The highest BCUT2D eigenvalue weighted by Crippen LogP contribution is 1.95. The molecule has 0 aliphatic rings. The largest absolute Gasteiger partial charge is 0.307 e. The first kappa shape index (κ1) is 10.1. The van der Waals surface area contributed by atoms with Crippen LogP contribution in [0.15, 0.2) is 0 Å². The zero-order valence-electron chi connectivity index (χ0n) is 5.91. The minimum Gasteiger partial charge on any atom is -0.307 e. The van der Waals surface area contributed by atoms with Crippen molar-refractivity contribution in [1.29, 1.82) is 0 Å². The minimum atomic E-state index is -2.28. The Morgan fingerprint density at radius 3 is 2.40 bits per heavy atom. The molecule has 0 aliphatic heterocycles. The Morgan fingerprint density at radius 1 is 1.50 bits per heavy atom. The van der Waals surface area contributed by atoms with Gasteiger partial charge in [-0.05, 0) is 6.42 Å². The smallest absolute Gasteiger partial charge is 0.250 e. The maximum absolute atomic E-state index is 11.6. The Balaban J connectivity index is 3.26. The van der Waals surface area contributed by atoms with Gasteiger partial charge in [-0.15, -0.1) is 11.6 Å². The molecule has 0 saturated carbocycles. The lowest BCUT2D eigenvalue weighted by Gasteiger charge is -2.12. The van der Waals surface area contributed by atoms with Crippen molar-refractivity contribution < 1.29 is 8.78 Å². The monoisotopic (exact) mass is 171 g/mol. The molecule has 1 atom stereocenters. The summed E-state index contributed by atoms with van der Waals surface area (Å²) in [6.07, 6.45) is -1.49. The first-order valence-electron chi connectivity index (χ1n) is 3.28. The molecule has 62 valence electrons. The first-order chi connectivity index (χ1) is 4.70. The maximum Gasteiger partial charge on any atom is 0.250 e. The number of hydrogen-bond donors (Lipinski definition) is 1. The Labute approximate surface area is 64.7 Å². The highest BCUT2D eigenvalue weighted by atomic mass is 35.5. The molecule has 0 heterocycles. The van der Waals surface area contributed by atoms with E-state index in [2.05, 4.69) is 5.32 Å². The molecule has 0 fully saturated rings. The molecule has 0 rings (SSSR count). The lowest BCUT2D eigenvalue weighted by molar-refractivity contribution is 0.142. The van der Waals surface area contributed by atoms with Crippen molar-refractivity contribution >= 4 is 11.6 Å². The molecule has 0 aromatic rings. The third-order valence-corrected chi connectivity index (χ3v) is 1.61. The fraction of sp³-hybridized carbons (Fsp3) is 1.00. The Hall–Kier alpha value is 0.110. The lowest BCUT2D eigenvalue weighted by atomic mass is 10.2. The van der Waals surface area contributed by atoms with Crippen LogP contribution in [-0.4, -0.2) is 24.9 Å². The van der Waals surface area contributed by atoms with E-state index in [1.807, 2.05) is 6.92 Å². The molecule has 0 aliphatic carbocycles. The van der Waals surface area contributed by atoms with E-state index in [9.17, 15) is 8.78 Å². The summed E-state index contributed by atoms with van der Waals surface area (Å²) in [6, 6.07) is 0.0238. The number of halogens is 3. The topological polar surface area (TPSA) is 12.0 Å². The van der Waals surface area contributed by atoms with Crippen molar-refractivity contribution in [1.82, 2.24) is 5.32 Å². The van der Waals surface area contributed by atoms with Crippen molar-refractivity contribution in [2.24, 2.45) is 0 Å². The van der Waals surface area contributed by atoms with Crippen molar-refractivity contribution in [2.45, 2.75) is 25.8 Å². The normalized spacial score (nSPS) is 14.1. The van der Waals surface area contributed by atoms with Crippen LogP contribution in [0.5, 0.6) is 0 Å². The van der Waals surface area contributed by atoms with E-state index >= 15 is 0 Å². The third kappa shape index (κ3) is 4.94. The van der Waals surface area contributed by atoms with E-state index in [-0.39, 0.29) is 12.6 Å². The van der Waals surface area contributed by atoms with Crippen LogP contribution in [0.25, 0.3) is 0 Å². The molecule has 1 N–H and O–H groups in total. The van der Waals surface area contributed by atoms with E-state index in [1.54, 1.807) is 0 Å². The first-order valence-corrected chi connectivity index (χ1v) is 3.81. The van der Waals surface area contributed by atoms with E-state index in [4.69, 9.17) is 11.6 Å². The van der Waals surface area contributed by atoms with Gasteiger partial charge in [0.05, 0.1) is 6.54 Å². The van der Waals surface area contributed by atoms with Crippen LogP contribution in [0.3, 0.4) is 0 Å². The summed E-state index contributed by atoms with van der Waals surface area (Å²) in [5, 5.41) is 2.64. The number of alkyl halides is 3. The molecule has 0 aromatic heterocycles. The Morgan fingerprint density at radius 2 is 2.10 bits per heavy atom. The molecule has 1 nitrogen and oxygen atoms in total. The summed E-state index contributed by atoms with van der Waals surface area (Å²) in [5.41, 5.74) is 0. The SMILES string of the molecule is CCC(CCl)NCC(F)F. The predicted octanol–water partition coefficient (Wildman–Crippen LogP) is 1.86. The van der Waals surface area contributed by atoms with Crippen molar-refractivity contribution in [3.8, 4) is 0 Å². The average molecular weight is 172 g/mol. The number of nitrogens with one attached hydrogen (secondary N) is 1. The molecule has 10 heavy (non-hydrogen) atoms. The van der Waals surface area contributed by atoms with Gasteiger partial charge in [0.2, 0.25) is 0 Å². The van der Waals surface area contributed by atoms with E-state index in [1.165, 1.54) is 0 Å². The average Bonchev–Trinajstić information content (AvgIpc) is 1.90. The molecule has 0 saturated heterocycles. The summed E-state index contributed by atoms with van der Waals surface area (Å²) >= 11 is 5.44. The second kappa shape index (κ2) is 5.86. The van der Waals surface area contributed by atoms with Crippen molar-refractivity contribution in [2.75, 3.05) is 12.4 Å². The number of rotatable bonds is 5. The van der Waals surface area contributed by atoms with Gasteiger partial charge in [0, 0.05) is 11.9 Å². The summed E-state index contributed by atoms with van der Waals surface area (Å²) in [5.74, 6) is 0.392. The zero-order chi connectivity index (χ0) is 7.98. The van der Waals surface area contributed by atoms with Gasteiger partial charge in [-0.2, -0.15) is 0 Å². The fourth-order valence-electron chi connectivity index (χ4n) is 0.564. The Kier molecular flexibility index (Phi) is 5.93. The fourth-order valence-corrected chi connectivity index (χ4v) is 0.891. The van der Waals surface area contributed by atoms with E-state index in [0.717, 1.165) is 6.42 Å². The van der Waals surface area contributed by atoms with Crippen LogP contribution in [0, 0.1) is 0 Å². The van der Waals surface area contributed by atoms with Crippen LogP contribution in [0.1, 0.15) is 13.3 Å². The van der Waals surface area contributed by atoms with Gasteiger partial charge >= 0.3 is 0 Å². The standard InChI is InChI=1S/C6H12ClF2N/c1-2-5(3-7)10-4-6(8)9/h5-6,10H,2-4H2,1H3. The maximum atomic E-state index is 11.6. The molecule has 4 heteroatoms. The third-order valence-electron chi connectivity index (χ3n) is 1.24. The molecular weight excluding hydrogens is 160 g/mol. The molecule has 1 unspecified atom stereocenters. The molecule has 0 bridgehead atoms. The van der Waals surface area contributed by atoms with Crippen LogP contribution in [-0.2, 0) is 0 Å². The van der Waals surface area contributed by atoms with Crippen LogP contribution in [0.2, 0.25) is 0 Å². The summed E-state index contributed by atoms with van der Waals surface area (Å²) in [6.45, 7) is 1.65. The van der Waals surface area contributed by atoms with Crippen LogP contribution >= 0.6 is 11.6 Å². The number of hydrogen-bond acceptors (Lipinski definition) is 1. The van der Waals surface area contributed by atoms with Gasteiger partial charge in [0.1, 0.15) is 0 Å². The van der Waals surface area contributed by atoms with E-state index in [0.29, 0.717) is 5.88 Å². The summed E-state index contributed by atoms with van der Waals surface area (Å²) in [7, 11) is 0. The second-order valence-corrected chi connectivity index (χ2v) is 2.37. The lowest BCUT2D eigenvalue weighted by Crippen LogP contribution is -2.33. The molecular formula is C6H12ClF2N. The van der Waals surface area contributed by atoms with Crippen LogP contribution < -0.4 is 5.32 Å². The molecule has 0 spiro atoms. The summed E-state index contributed by atoms with van der Waals surface area (Å²) < 4.78 is 23.1. The zero-order valence-corrected chi connectivity index (χ0v) is 6.67. The van der Waals surface area contributed by atoms with Gasteiger partial charge in [0.25, 0.3) is 6.43 Å². The second-order valence-electron chi connectivity index (χ2n) is 2.06. The highest BCUT2D eigenvalue weighted by Gasteiger charge is 2.06. The summed E-state index contributed by atoms with van der Waals surface area (Å²) in [4.78, 5) is 0.